The molecule has 1 aromatic heterocycles. The summed E-state index contributed by atoms with van der Waals surface area (Å²) in [6.07, 6.45) is 3.15. The summed E-state index contributed by atoms with van der Waals surface area (Å²) in [6, 6.07) is 5.73. The molecular formula is C16H21N3O2. The van der Waals surface area contributed by atoms with Gasteiger partial charge in [-0.2, -0.15) is 5.26 Å². The molecule has 3 atom stereocenters. The molecule has 1 heterocycles. The van der Waals surface area contributed by atoms with E-state index in [0.29, 0.717) is 12.1 Å². The Kier molecular flexibility index (Phi) is 4.17. The zero-order valence-corrected chi connectivity index (χ0v) is 12.6. The zero-order valence-electron chi connectivity index (χ0n) is 12.6. The van der Waals surface area contributed by atoms with Crippen LogP contribution in [0.25, 0.3) is 0 Å². The molecule has 1 aliphatic carbocycles. The molecule has 0 aromatic carbocycles. The van der Waals surface area contributed by atoms with Crippen molar-refractivity contribution in [2.75, 3.05) is 5.32 Å². The lowest BCUT2D eigenvalue weighted by Gasteiger charge is -2.46. The quantitative estimate of drug-likeness (QED) is 0.892. The van der Waals surface area contributed by atoms with Crippen LogP contribution in [0.3, 0.4) is 0 Å². The molecule has 2 rings (SSSR count). The van der Waals surface area contributed by atoms with Gasteiger partial charge in [0.15, 0.2) is 0 Å². The Morgan fingerprint density at radius 1 is 1.48 bits per heavy atom. The monoisotopic (exact) mass is 287 g/mol. The maximum Gasteiger partial charge on any atom is 0.307 e. The van der Waals surface area contributed by atoms with Crippen LogP contribution in [0.5, 0.6) is 0 Å². The van der Waals surface area contributed by atoms with E-state index in [-0.39, 0.29) is 23.3 Å². The van der Waals surface area contributed by atoms with Crippen molar-refractivity contribution in [2.45, 2.75) is 39.7 Å². The molecule has 1 aliphatic rings. The number of rotatable bonds is 3. The Morgan fingerprint density at radius 3 is 2.71 bits per heavy atom. The molecule has 1 aromatic rings. The normalized spacial score (nSPS) is 27.6. The first kappa shape index (κ1) is 15.3. The number of aliphatic carboxylic acids is 1. The number of nitrogens with zero attached hydrogens (tertiary/aromatic N) is 2. The van der Waals surface area contributed by atoms with Crippen molar-refractivity contribution >= 4 is 11.7 Å². The van der Waals surface area contributed by atoms with E-state index in [1.165, 1.54) is 0 Å². The summed E-state index contributed by atoms with van der Waals surface area (Å²) < 4.78 is 0. The number of hydrogen-bond acceptors (Lipinski definition) is 4. The first-order valence-corrected chi connectivity index (χ1v) is 7.21. The number of carboxylic acids is 1. The number of carboxylic acid groups (broad SMARTS) is 1. The molecule has 0 aliphatic heterocycles. The minimum atomic E-state index is -0.703. The van der Waals surface area contributed by atoms with E-state index in [4.69, 9.17) is 5.26 Å². The van der Waals surface area contributed by atoms with Crippen LogP contribution in [0.2, 0.25) is 0 Å². The average molecular weight is 287 g/mol. The van der Waals surface area contributed by atoms with Crippen molar-refractivity contribution in [1.82, 2.24) is 4.98 Å². The van der Waals surface area contributed by atoms with Crippen molar-refractivity contribution in [1.29, 1.82) is 5.26 Å². The van der Waals surface area contributed by atoms with Crippen molar-refractivity contribution in [3.63, 3.8) is 0 Å². The Hall–Kier alpha value is -2.09. The van der Waals surface area contributed by atoms with Gasteiger partial charge in [0.1, 0.15) is 11.8 Å². The summed E-state index contributed by atoms with van der Waals surface area (Å²) in [7, 11) is 0. The maximum absolute atomic E-state index is 11.4. The highest BCUT2D eigenvalue weighted by Crippen LogP contribution is 2.45. The third kappa shape index (κ3) is 2.99. The molecule has 0 amide bonds. The second kappa shape index (κ2) is 5.72. The van der Waals surface area contributed by atoms with Gasteiger partial charge in [-0.05, 0) is 36.3 Å². The lowest BCUT2D eigenvalue weighted by atomic mass is 9.61. The Bertz CT molecular complexity index is 560. The average Bonchev–Trinajstić information content (AvgIpc) is 2.44. The van der Waals surface area contributed by atoms with E-state index in [9.17, 15) is 9.90 Å². The topological polar surface area (TPSA) is 86.0 Å². The second-order valence-electron chi connectivity index (χ2n) is 6.37. The molecule has 0 bridgehead atoms. The first-order chi connectivity index (χ1) is 9.86. The molecule has 5 heteroatoms. The SMILES string of the molecule is CC1C(Nc2ccc(C#N)nc2)CCC(C(=O)O)C1(C)C. The zero-order chi connectivity index (χ0) is 15.6. The predicted octanol–water partition coefficient (Wildman–Crippen LogP) is 2.89. The third-order valence-corrected chi connectivity index (χ3v) is 4.97. The van der Waals surface area contributed by atoms with Crippen molar-refractivity contribution < 1.29 is 9.90 Å². The van der Waals surface area contributed by atoms with Crippen molar-refractivity contribution in [3.8, 4) is 6.07 Å². The second-order valence-corrected chi connectivity index (χ2v) is 6.37. The molecule has 0 spiro atoms. The number of aromatic nitrogens is 1. The van der Waals surface area contributed by atoms with Gasteiger partial charge in [-0.1, -0.05) is 20.8 Å². The van der Waals surface area contributed by atoms with Crippen LogP contribution >= 0.6 is 0 Å². The van der Waals surface area contributed by atoms with E-state index in [2.05, 4.69) is 17.2 Å². The number of hydrogen-bond donors (Lipinski definition) is 2. The molecule has 1 saturated carbocycles. The predicted molar refractivity (Wildman–Crippen MR) is 79.7 cm³/mol. The van der Waals surface area contributed by atoms with Gasteiger partial charge >= 0.3 is 5.97 Å². The Labute approximate surface area is 125 Å². The van der Waals surface area contributed by atoms with Gasteiger partial charge in [0.2, 0.25) is 0 Å². The molecule has 21 heavy (non-hydrogen) atoms. The number of anilines is 1. The minimum absolute atomic E-state index is 0.213. The standard InChI is InChI=1S/C16H21N3O2/c1-10-14(7-6-13(15(20)21)16(10,2)3)19-12-5-4-11(8-17)18-9-12/h4-5,9-10,13-14,19H,6-7H2,1-3H3,(H,20,21). The maximum atomic E-state index is 11.4. The van der Waals surface area contributed by atoms with Crippen LogP contribution in [0.4, 0.5) is 5.69 Å². The van der Waals surface area contributed by atoms with Crippen LogP contribution in [-0.4, -0.2) is 22.1 Å². The molecule has 2 N–H and O–H groups in total. The van der Waals surface area contributed by atoms with E-state index >= 15 is 0 Å². The van der Waals surface area contributed by atoms with Crippen LogP contribution in [-0.2, 0) is 4.79 Å². The van der Waals surface area contributed by atoms with Crippen LogP contribution in [0.15, 0.2) is 18.3 Å². The first-order valence-electron chi connectivity index (χ1n) is 7.21. The van der Waals surface area contributed by atoms with Gasteiger partial charge in [-0.15, -0.1) is 0 Å². The van der Waals surface area contributed by atoms with Gasteiger partial charge in [0.25, 0.3) is 0 Å². The number of carbonyl (C=O) groups is 1. The Balaban J connectivity index is 2.11. The van der Waals surface area contributed by atoms with Crippen LogP contribution < -0.4 is 5.32 Å². The molecule has 1 fully saturated rings. The van der Waals surface area contributed by atoms with E-state index < -0.39 is 5.97 Å². The van der Waals surface area contributed by atoms with Gasteiger partial charge in [0, 0.05) is 6.04 Å². The van der Waals surface area contributed by atoms with Gasteiger partial charge in [-0.25, -0.2) is 4.98 Å². The molecule has 5 nitrogen and oxygen atoms in total. The van der Waals surface area contributed by atoms with E-state index in [0.717, 1.165) is 12.1 Å². The summed E-state index contributed by atoms with van der Waals surface area (Å²) >= 11 is 0. The molecule has 0 radical (unpaired) electrons. The number of nitriles is 1. The fourth-order valence-electron chi connectivity index (χ4n) is 3.20. The largest absolute Gasteiger partial charge is 0.481 e. The molecular weight excluding hydrogens is 266 g/mol. The van der Waals surface area contributed by atoms with E-state index in [1.54, 1.807) is 12.3 Å². The van der Waals surface area contributed by atoms with Crippen LogP contribution in [0.1, 0.15) is 39.3 Å². The van der Waals surface area contributed by atoms with Crippen molar-refractivity contribution in [3.05, 3.63) is 24.0 Å². The molecule has 112 valence electrons. The minimum Gasteiger partial charge on any atom is -0.481 e. The van der Waals surface area contributed by atoms with E-state index in [1.807, 2.05) is 26.0 Å². The lowest BCUT2D eigenvalue weighted by Crippen LogP contribution is -2.48. The third-order valence-electron chi connectivity index (χ3n) is 4.97. The van der Waals surface area contributed by atoms with Gasteiger partial charge in [-0.3, -0.25) is 4.79 Å². The van der Waals surface area contributed by atoms with Crippen LogP contribution in [0, 0.1) is 28.6 Å². The number of nitrogens with one attached hydrogen (secondary N) is 1. The molecule has 0 saturated heterocycles. The molecule has 3 unspecified atom stereocenters. The van der Waals surface area contributed by atoms with Crippen molar-refractivity contribution in [2.24, 2.45) is 17.3 Å². The highest BCUT2D eigenvalue weighted by molar-refractivity contribution is 5.71. The Morgan fingerprint density at radius 2 is 2.19 bits per heavy atom. The van der Waals surface area contributed by atoms with Gasteiger partial charge < -0.3 is 10.4 Å². The number of pyridine rings is 1. The van der Waals surface area contributed by atoms with Gasteiger partial charge in [0.05, 0.1) is 17.8 Å². The summed E-state index contributed by atoms with van der Waals surface area (Å²) in [5.74, 6) is -0.780. The summed E-state index contributed by atoms with van der Waals surface area (Å²) in [5.41, 5.74) is 1.00. The fraction of sp³-hybridized carbons (Fsp3) is 0.562. The highest BCUT2D eigenvalue weighted by Gasteiger charge is 2.46. The highest BCUT2D eigenvalue weighted by atomic mass is 16.4. The summed E-state index contributed by atoms with van der Waals surface area (Å²) in [4.78, 5) is 15.4. The smallest absolute Gasteiger partial charge is 0.307 e. The summed E-state index contributed by atoms with van der Waals surface area (Å²) in [6.45, 7) is 6.16. The fourth-order valence-corrected chi connectivity index (χ4v) is 3.20. The lowest BCUT2D eigenvalue weighted by molar-refractivity contribution is -0.149. The summed E-state index contributed by atoms with van der Waals surface area (Å²) in [5, 5.41) is 21.5.